The molecule has 0 saturated carbocycles. The topological polar surface area (TPSA) is 87.7 Å². The average Bonchev–Trinajstić information content (AvgIpc) is 3.19. The molecule has 2 amide bonds. The third-order valence-corrected chi connectivity index (χ3v) is 7.50. The molecule has 0 fully saturated rings. The maximum Gasteiger partial charge on any atom is 0.261 e. The average molecular weight is 526 g/mol. The van der Waals surface area contributed by atoms with E-state index in [1.54, 1.807) is 24.3 Å². The van der Waals surface area contributed by atoms with Gasteiger partial charge in [-0.15, -0.1) is 0 Å². The van der Waals surface area contributed by atoms with E-state index in [0.717, 1.165) is 47.6 Å². The number of carbonyl (C=O) groups excluding carboxylic acids is 2. The molecule has 39 heavy (non-hydrogen) atoms. The molecule has 202 valence electrons. The van der Waals surface area contributed by atoms with E-state index in [9.17, 15) is 9.59 Å². The first kappa shape index (κ1) is 26.7. The van der Waals surface area contributed by atoms with Crippen molar-refractivity contribution < 1.29 is 14.4 Å². The summed E-state index contributed by atoms with van der Waals surface area (Å²) in [5.74, 6) is -0.403. The van der Waals surface area contributed by atoms with Crippen LogP contribution >= 0.6 is 0 Å². The summed E-state index contributed by atoms with van der Waals surface area (Å²) in [5.41, 5.74) is 9.41. The first-order valence-electron chi connectivity index (χ1n) is 13.6. The van der Waals surface area contributed by atoms with Crippen LogP contribution in [0.25, 0.3) is 0 Å². The van der Waals surface area contributed by atoms with Crippen LogP contribution in [-0.4, -0.2) is 51.3 Å². The molecule has 0 spiro atoms. The molecule has 0 unspecified atom stereocenters. The number of fused-ring (bicyclic) bond motifs is 1. The largest absolute Gasteiger partial charge is 0.282 e. The summed E-state index contributed by atoms with van der Waals surface area (Å²) in [5, 5.41) is 0. The van der Waals surface area contributed by atoms with Crippen molar-refractivity contribution in [1.29, 1.82) is 0 Å². The van der Waals surface area contributed by atoms with Gasteiger partial charge in [0.15, 0.2) is 0 Å². The van der Waals surface area contributed by atoms with Gasteiger partial charge in [0.05, 0.1) is 41.2 Å². The summed E-state index contributed by atoms with van der Waals surface area (Å²) in [7, 11) is 0. The Bertz CT molecular complexity index is 1350. The number of rotatable bonds is 10. The second-order valence-corrected chi connectivity index (χ2v) is 10.1. The Kier molecular flexibility index (Phi) is 8.14. The number of hydrogen-bond donors (Lipinski definition) is 1. The summed E-state index contributed by atoms with van der Waals surface area (Å²) in [6, 6.07) is 15.1. The number of aromatic nitrogens is 2. The Morgan fingerprint density at radius 3 is 2.10 bits per heavy atom. The van der Waals surface area contributed by atoms with Gasteiger partial charge in [-0.25, -0.2) is 0 Å². The lowest BCUT2D eigenvalue weighted by atomic mass is 9.91. The van der Waals surface area contributed by atoms with Crippen molar-refractivity contribution in [3.05, 3.63) is 106 Å². The molecule has 2 aliphatic heterocycles. The summed E-state index contributed by atoms with van der Waals surface area (Å²) in [6.07, 6.45) is 8.11. The van der Waals surface area contributed by atoms with Gasteiger partial charge in [0.1, 0.15) is 0 Å². The van der Waals surface area contributed by atoms with E-state index < -0.39 is 0 Å². The zero-order valence-electron chi connectivity index (χ0n) is 22.8. The van der Waals surface area contributed by atoms with Crippen LogP contribution < -0.4 is 5.48 Å². The molecule has 2 aromatic heterocycles. The van der Waals surface area contributed by atoms with Gasteiger partial charge in [-0.05, 0) is 81.6 Å². The Morgan fingerprint density at radius 1 is 0.872 bits per heavy atom. The minimum absolute atomic E-state index is 0.00451. The number of carbonyl (C=O) groups is 2. The van der Waals surface area contributed by atoms with Crippen molar-refractivity contribution >= 4 is 11.8 Å². The first-order valence-corrected chi connectivity index (χ1v) is 13.6. The fourth-order valence-electron chi connectivity index (χ4n) is 5.56. The van der Waals surface area contributed by atoms with Crippen molar-refractivity contribution in [3.63, 3.8) is 0 Å². The maximum absolute atomic E-state index is 12.8. The Hall–Kier alpha value is -3.88. The molecular formula is C31H35N5O3. The van der Waals surface area contributed by atoms with Crippen molar-refractivity contribution in [1.82, 2.24) is 25.2 Å². The number of pyridine rings is 2. The van der Waals surface area contributed by atoms with Crippen molar-refractivity contribution in [2.45, 2.75) is 52.1 Å². The number of amides is 2. The zero-order valence-corrected chi connectivity index (χ0v) is 22.8. The monoisotopic (exact) mass is 525 g/mol. The van der Waals surface area contributed by atoms with Gasteiger partial charge < -0.3 is 0 Å². The maximum atomic E-state index is 12.8. The highest BCUT2D eigenvalue weighted by Crippen LogP contribution is 2.40. The number of hydrogen-bond acceptors (Lipinski definition) is 7. The molecule has 0 aliphatic carbocycles. The second kappa shape index (κ2) is 11.9. The van der Waals surface area contributed by atoms with Gasteiger partial charge in [0.25, 0.3) is 11.8 Å². The van der Waals surface area contributed by atoms with Crippen LogP contribution in [0.3, 0.4) is 0 Å². The van der Waals surface area contributed by atoms with Gasteiger partial charge in [-0.3, -0.25) is 39.7 Å². The van der Waals surface area contributed by atoms with Crippen molar-refractivity contribution in [2.24, 2.45) is 0 Å². The predicted octanol–water partition coefficient (Wildman–Crippen LogP) is 5.08. The molecule has 1 N–H and O–H groups in total. The number of benzene rings is 1. The molecule has 2 atom stereocenters. The molecule has 2 aliphatic rings. The smallest absolute Gasteiger partial charge is 0.261 e. The van der Waals surface area contributed by atoms with E-state index in [1.807, 2.05) is 31.5 Å². The van der Waals surface area contributed by atoms with Gasteiger partial charge in [0, 0.05) is 31.1 Å². The van der Waals surface area contributed by atoms with Crippen LogP contribution in [0.1, 0.15) is 81.5 Å². The van der Waals surface area contributed by atoms with Crippen LogP contribution in [0.4, 0.5) is 0 Å². The number of hydroxylamine groups is 1. The quantitative estimate of drug-likeness (QED) is 0.224. The van der Waals surface area contributed by atoms with Crippen molar-refractivity contribution in [3.8, 4) is 0 Å². The first-order chi connectivity index (χ1) is 19.0. The van der Waals surface area contributed by atoms with Crippen LogP contribution in [0, 0.1) is 13.8 Å². The van der Waals surface area contributed by atoms with Crippen LogP contribution in [-0.2, 0) is 4.84 Å². The van der Waals surface area contributed by atoms with E-state index in [4.69, 9.17) is 14.8 Å². The molecule has 3 aromatic rings. The molecule has 4 heterocycles. The molecule has 0 bridgehead atoms. The normalized spacial score (nSPS) is 19.3. The van der Waals surface area contributed by atoms with Gasteiger partial charge in [0.2, 0.25) is 0 Å². The number of aryl methyl sites for hydroxylation is 2. The van der Waals surface area contributed by atoms with Crippen LogP contribution in [0.5, 0.6) is 0 Å². The molecule has 8 heteroatoms. The summed E-state index contributed by atoms with van der Waals surface area (Å²) in [4.78, 5) is 44.6. The van der Waals surface area contributed by atoms with E-state index in [0.29, 0.717) is 30.7 Å². The Labute approximate surface area is 229 Å². The number of nitrogens with zero attached hydrogens (tertiary/aromatic N) is 4. The Morgan fingerprint density at radius 2 is 1.49 bits per heavy atom. The molecule has 0 radical (unpaired) electrons. The highest BCUT2D eigenvalue weighted by molar-refractivity contribution is 6.21. The van der Waals surface area contributed by atoms with Crippen molar-refractivity contribution in [2.75, 3.05) is 19.7 Å². The second-order valence-electron chi connectivity index (χ2n) is 10.1. The third-order valence-electron chi connectivity index (χ3n) is 7.50. The summed E-state index contributed by atoms with van der Waals surface area (Å²) >= 11 is 0. The van der Waals surface area contributed by atoms with E-state index >= 15 is 0 Å². The lowest BCUT2D eigenvalue weighted by molar-refractivity contribution is 0.0546. The lowest BCUT2D eigenvalue weighted by Gasteiger charge is -2.41. The molecule has 8 nitrogen and oxygen atoms in total. The SMILES string of the molecule is CCONC1=C[C@H](c2ncccc2C)N(CCCCN2C(=O)c3ccccc3C2=O)[C@H](c2ncccc2C)C1. The van der Waals surface area contributed by atoms with Crippen LogP contribution in [0.15, 0.2) is 72.7 Å². The third kappa shape index (κ3) is 5.48. The fraction of sp³-hybridized carbons (Fsp3) is 0.355. The Balaban J connectivity index is 1.39. The van der Waals surface area contributed by atoms with E-state index in [-0.39, 0.29) is 23.9 Å². The van der Waals surface area contributed by atoms with Crippen LogP contribution in [0.2, 0.25) is 0 Å². The van der Waals surface area contributed by atoms with Gasteiger partial charge in [-0.2, -0.15) is 0 Å². The standard InChI is InChI=1S/C31H35N5O3/c1-4-39-34-23-19-26(28-21(2)11-9-15-32-28)35(27(20-23)29-22(3)12-10-16-33-29)17-7-8-18-36-30(37)24-13-5-6-14-25(24)31(36)38/h5-6,9-16,19,26-27,34H,4,7-8,17-18,20H2,1-3H3/t26-,27+/m1/s1. The number of imide groups is 1. The van der Waals surface area contributed by atoms with Gasteiger partial charge >= 0.3 is 0 Å². The highest BCUT2D eigenvalue weighted by atomic mass is 16.6. The van der Waals surface area contributed by atoms with E-state index in [1.165, 1.54) is 4.90 Å². The minimum atomic E-state index is -0.202. The number of nitrogens with one attached hydrogen (secondary N) is 1. The number of unbranched alkanes of at least 4 members (excludes halogenated alkanes) is 1. The summed E-state index contributed by atoms with van der Waals surface area (Å²) in [6.45, 7) is 7.84. The minimum Gasteiger partial charge on any atom is -0.282 e. The fourth-order valence-corrected chi connectivity index (χ4v) is 5.56. The molecule has 5 rings (SSSR count). The van der Waals surface area contributed by atoms with Gasteiger partial charge in [-0.1, -0.05) is 24.3 Å². The lowest BCUT2D eigenvalue weighted by Crippen LogP contribution is -2.40. The highest BCUT2D eigenvalue weighted by Gasteiger charge is 2.37. The zero-order chi connectivity index (χ0) is 27.4. The van der Waals surface area contributed by atoms with E-state index in [2.05, 4.69) is 42.4 Å². The molecule has 0 saturated heterocycles. The molecular weight excluding hydrogens is 490 g/mol. The molecule has 1 aromatic carbocycles. The summed E-state index contributed by atoms with van der Waals surface area (Å²) < 4.78 is 0. The predicted molar refractivity (Wildman–Crippen MR) is 149 cm³/mol.